The normalized spacial score (nSPS) is 14.5. The first kappa shape index (κ1) is 51.2. The van der Waals surface area contributed by atoms with Crippen LogP contribution in [0.25, 0.3) is 0 Å². The van der Waals surface area contributed by atoms with E-state index in [4.69, 9.17) is 18.5 Å². The molecule has 0 aromatic heterocycles. The lowest BCUT2D eigenvalue weighted by Crippen LogP contribution is -2.37. The summed E-state index contributed by atoms with van der Waals surface area (Å²) in [4.78, 5) is 25.0. The van der Waals surface area contributed by atoms with Crippen molar-refractivity contribution in [3.8, 4) is 0 Å². The third kappa shape index (κ3) is 41.2. The first-order valence-corrected chi connectivity index (χ1v) is 22.5. The van der Waals surface area contributed by atoms with Crippen LogP contribution in [0.3, 0.4) is 0 Å². The molecule has 0 saturated heterocycles. The number of ether oxygens (including phenoxy) is 2. The summed E-state index contributed by atoms with van der Waals surface area (Å²) in [5, 5.41) is 0. The average molecular weight is 766 g/mol. The van der Waals surface area contributed by atoms with E-state index in [0.29, 0.717) is 24.1 Å². The Labute approximate surface area is 326 Å². The molecule has 0 radical (unpaired) electrons. The number of hydrogen-bond acceptors (Lipinski definition) is 7. The van der Waals surface area contributed by atoms with Crippen LogP contribution in [0.4, 0.5) is 0 Å². The van der Waals surface area contributed by atoms with Crippen LogP contribution < -0.4 is 4.89 Å². The van der Waals surface area contributed by atoms with Gasteiger partial charge in [-0.2, -0.15) is 0 Å². The van der Waals surface area contributed by atoms with Crippen LogP contribution in [0.15, 0.2) is 60.8 Å². The number of phosphoric ester groups is 1. The van der Waals surface area contributed by atoms with Crippen molar-refractivity contribution in [3.05, 3.63) is 60.8 Å². The van der Waals surface area contributed by atoms with Gasteiger partial charge in [-0.15, -0.1) is 0 Å². The predicted octanol–water partition coefficient (Wildman–Crippen LogP) is 11.5. The van der Waals surface area contributed by atoms with Crippen LogP contribution in [-0.4, -0.2) is 70.7 Å². The number of unbranched alkanes of at least 4 members (excludes halogenated alkanes) is 14. The van der Waals surface area contributed by atoms with E-state index in [-0.39, 0.29) is 25.8 Å². The van der Waals surface area contributed by atoms with Gasteiger partial charge in [0.05, 0.1) is 34.4 Å². The predicted molar refractivity (Wildman–Crippen MR) is 222 cm³/mol. The summed E-state index contributed by atoms with van der Waals surface area (Å²) in [5.41, 5.74) is 0. The summed E-state index contributed by atoms with van der Waals surface area (Å²) in [6, 6.07) is 0. The zero-order valence-corrected chi connectivity index (χ0v) is 35.6. The molecule has 0 fully saturated rings. The highest BCUT2D eigenvalue weighted by atomic mass is 31.2. The van der Waals surface area contributed by atoms with Crippen LogP contribution in [0.2, 0.25) is 0 Å². The molecule has 53 heavy (non-hydrogen) atoms. The molecule has 2 atom stereocenters. The van der Waals surface area contributed by atoms with Crippen LogP contribution >= 0.6 is 7.82 Å². The summed E-state index contributed by atoms with van der Waals surface area (Å²) >= 11 is 0. The monoisotopic (exact) mass is 766 g/mol. The lowest BCUT2D eigenvalue weighted by molar-refractivity contribution is -0.870. The van der Waals surface area contributed by atoms with Gasteiger partial charge in [0, 0.05) is 13.0 Å². The molecule has 0 aliphatic heterocycles. The first-order chi connectivity index (χ1) is 25.6. The Hall–Kier alpha value is -1.80. The van der Waals surface area contributed by atoms with Gasteiger partial charge in [0.1, 0.15) is 19.3 Å². The number of allylic oxidation sites excluding steroid dienone is 10. The third-order valence-corrected chi connectivity index (χ3v) is 9.50. The summed E-state index contributed by atoms with van der Waals surface area (Å²) < 4.78 is 34.5. The van der Waals surface area contributed by atoms with E-state index >= 15 is 0 Å². The SMILES string of the molecule is CC/C=C\C/C=C\C/C=C\CCCCCCCCCC(=O)OC(COCCCCCCCC/C=C\C/C=C\CCC)COP(=O)([O-])OCC[N+](C)(C)C. The van der Waals surface area contributed by atoms with Crippen molar-refractivity contribution in [1.82, 2.24) is 0 Å². The van der Waals surface area contributed by atoms with Crippen molar-refractivity contribution < 1.29 is 37.3 Å². The Morgan fingerprint density at radius 3 is 1.64 bits per heavy atom. The quantitative estimate of drug-likeness (QED) is 0.0203. The molecular weight excluding hydrogens is 685 g/mol. The standard InChI is InChI=1S/C44H80NO7P/c1-6-8-10-12-14-16-18-20-22-23-24-25-27-29-31-33-35-37-44(46)52-43(42-51-53(47,48)50-40-38-45(3,4)5)41-49-39-36-34-32-30-28-26-21-19-17-15-13-11-9-7-2/h8,10-11,13-14,16-17,19-20,22,43H,6-7,9,12,15,18,21,23-42H2,1-5H3/b10-8-,13-11-,16-14-,19-17-,22-20-. The fraction of sp³-hybridized carbons (Fsp3) is 0.750. The molecule has 8 nitrogen and oxygen atoms in total. The van der Waals surface area contributed by atoms with Crippen molar-refractivity contribution in [2.45, 2.75) is 161 Å². The summed E-state index contributed by atoms with van der Waals surface area (Å²) in [5.74, 6) is -0.351. The van der Waals surface area contributed by atoms with Gasteiger partial charge in [-0.05, 0) is 70.6 Å². The van der Waals surface area contributed by atoms with Crippen molar-refractivity contribution in [1.29, 1.82) is 0 Å². The highest BCUT2D eigenvalue weighted by Crippen LogP contribution is 2.38. The minimum Gasteiger partial charge on any atom is -0.756 e. The summed E-state index contributed by atoms with van der Waals surface area (Å²) in [7, 11) is 1.33. The van der Waals surface area contributed by atoms with Gasteiger partial charge >= 0.3 is 5.97 Å². The fourth-order valence-electron chi connectivity index (χ4n) is 5.30. The molecule has 0 bridgehead atoms. The van der Waals surface area contributed by atoms with Crippen molar-refractivity contribution in [2.75, 3.05) is 54.1 Å². The summed E-state index contributed by atoms with van der Waals surface area (Å²) in [6.07, 6.45) is 45.1. The van der Waals surface area contributed by atoms with E-state index in [9.17, 15) is 14.3 Å². The van der Waals surface area contributed by atoms with Crippen LogP contribution in [0.5, 0.6) is 0 Å². The van der Waals surface area contributed by atoms with E-state index in [1.54, 1.807) is 0 Å². The highest BCUT2D eigenvalue weighted by molar-refractivity contribution is 7.45. The zero-order valence-electron chi connectivity index (χ0n) is 34.7. The number of esters is 1. The fourth-order valence-corrected chi connectivity index (χ4v) is 6.03. The van der Waals surface area contributed by atoms with Gasteiger partial charge < -0.3 is 27.9 Å². The Bertz CT molecular complexity index is 1030. The second-order valence-electron chi connectivity index (χ2n) is 15.0. The number of hydrogen-bond donors (Lipinski definition) is 0. The minimum atomic E-state index is -4.53. The molecule has 0 aliphatic rings. The smallest absolute Gasteiger partial charge is 0.306 e. The first-order valence-electron chi connectivity index (χ1n) is 21.0. The molecule has 9 heteroatoms. The Kier molecular flexibility index (Phi) is 35.9. The number of rotatable bonds is 38. The molecule has 0 aliphatic carbocycles. The van der Waals surface area contributed by atoms with Crippen LogP contribution in [0.1, 0.15) is 155 Å². The number of likely N-dealkylation sites (N-methyl/N-ethyl adjacent to an activating group) is 1. The van der Waals surface area contributed by atoms with Gasteiger partial charge in [-0.1, -0.05) is 139 Å². The molecule has 0 spiro atoms. The van der Waals surface area contributed by atoms with Gasteiger partial charge in [-0.25, -0.2) is 0 Å². The average Bonchev–Trinajstić information content (AvgIpc) is 3.11. The molecule has 0 saturated carbocycles. The topological polar surface area (TPSA) is 94.1 Å². The number of carbonyl (C=O) groups is 1. The van der Waals surface area contributed by atoms with E-state index < -0.39 is 13.9 Å². The van der Waals surface area contributed by atoms with E-state index in [1.165, 1.54) is 51.4 Å². The largest absolute Gasteiger partial charge is 0.756 e. The molecule has 0 aromatic carbocycles. The van der Waals surface area contributed by atoms with E-state index in [0.717, 1.165) is 83.5 Å². The Balaban J connectivity index is 4.29. The molecular formula is C44H80NO7P. The molecule has 0 rings (SSSR count). The number of quaternary nitrogens is 1. The maximum Gasteiger partial charge on any atom is 0.306 e. The van der Waals surface area contributed by atoms with Crippen molar-refractivity contribution in [3.63, 3.8) is 0 Å². The molecule has 2 unspecified atom stereocenters. The molecule has 0 aromatic rings. The van der Waals surface area contributed by atoms with Crippen molar-refractivity contribution in [2.24, 2.45) is 0 Å². The van der Waals surface area contributed by atoms with Crippen LogP contribution in [-0.2, 0) is 27.9 Å². The third-order valence-electron chi connectivity index (χ3n) is 8.53. The Morgan fingerprint density at radius 1 is 0.604 bits per heavy atom. The number of nitrogens with zero attached hydrogens (tertiary/aromatic N) is 1. The number of carbonyl (C=O) groups excluding carboxylic acids is 1. The Morgan fingerprint density at radius 2 is 1.09 bits per heavy atom. The van der Waals surface area contributed by atoms with Gasteiger partial charge in [0.15, 0.2) is 0 Å². The maximum atomic E-state index is 12.7. The lowest BCUT2D eigenvalue weighted by atomic mass is 10.1. The molecule has 0 amide bonds. The van der Waals surface area contributed by atoms with Gasteiger partial charge in [-0.3, -0.25) is 9.36 Å². The molecule has 308 valence electrons. The van der Waals surface area contributed by atoms with E-state index in [2.05, 4.69) is 74.6 Å². The van der Waals surface area contributed by atoms with Crippen LogP contribution in [0, 0.1) is 0 Å². The summed E-state index contributed by atoms with van der Waals surface area (Å²) in [6.45, 7) is 5.18. The van der Waals surface area contributed by atoms with Gasteiger partial charge in [0.2, 0.25) is 0 Å². The number of phosphoric acid groups is 1. The minimum absolute atomic E-state index is 0.0190. The molecule has 0 heterocycles. The maximum absolute atomic E-state index is 12.7. The second-order valence-corrected chi connectivity index (χ2v) is 16.4. The van der Waals surface area contributed by atoms with Crippen molar-refractivity contribution >= 4 is 13.8 Å². The second kappa shape index (κ2) is 37.1. The van der Waals surface area contributed by atoms with E-state index in [1.807, 2.05) is 21.1 Å². The zero-order chi connectivity index (χ0) is 39.1. The van der Waals surface area contributed by atoms with Gasteiger partial charge in [0.25, 0.3) is 7.82 Å². The lowest BCUT2D eigenvalue weighted by Gasteiger charge is -2.28. The highest BCUT2D eigenvalue weighted by Gasteiger charge is 2.20. The molecule has 0 N–H and O–H groups in total.